The fraction of sp³-hybridized carbons (Fsp3) is 0.346. The van der Waals surface area contributed by atoms with Gasteiger partial charge in [0.15, 0.2) is 5.69 Å². The number of halogens is 5. The molecule has 0 unspecified atom stereocenters. The fourth-order valence-corrected chi connectivity index (χ4v) is 4.28. The molecule has 3 N–H and O–H groups in total. The summed E-state index contributed by atoms with van der Waals surface area (Å²) < 4.78 is 78.3. The predicted octanol–water partition coefficient (Wildman–Crippen LogP) is 3.85. The second-order valence-electron chi connectivity index (χ2n) is 9.45. The molecule has 2 atom stereocenters. The van der Waals surface area contributed by atoms with Crippen molar-refractivity contribution in [2.75, 3.05) is 32.1 Å². The number of carbonyl (C=O) groups is 3. The summed E-state index contributed by atoms with van der Waals surface area (Å²) in [6, 6.07) is 3.16. The third-order valence-electron chi connectivity index (χ3n) is 6.33. The van der Waals surface area contributed by atoms with Crippen molar-refractivity contribution < 1.29 is 45.6 Å². The van der Waals surface area contributed by atoms with Crippen molar-refractivity contribution in [1.29, 1.82) is 0 Å². The van der Waals surface area contributed by atoms with Crippen LogP contribution in [0.3, 0.4) is 0 Å². The van der Waals surface area contributed by atoms with Gasteiger partial charge in [-0.1, -0.05) is 17.3 Å². The first kappa shape index (κ1) is 30.4. The highest BCUT2D eigenvalue weighted by Gasteiger charge is 2.42. The lowest BCUT2D eigenvalue weighted by atomic mass is 10.0. The van der Waals surface area contributed by atoms with Crippen molar-refractivity contribution in [3.8, 4) is 0 Å². The number of benzene rings is 1. The largest absolute Gasteiger partial charge is 0.416 e. The molecule has 0 radical (unpaired) electrons. The Morgan fingerprint density at radius 2 is 1.98 bits per heavy atom. The Bertz CT molecular complexity index is 1460. The van der Waals surface area contributed by atoms with Gasteiger partial charge in [0.05, 0.1) is 31.3 Å². The molecule has 0 saturated carbocycles. The van der Waals surface area contributed by atoms with E-state index in [0.29, 0.717) is 11.6 Å². The van der Waals surface area contributed by atoms with Gasteiger partial charge in [0.1, 0.15) is 18.1 Å². The molecule has 0 spiro atoms. The highest BCUT2D eigenvalue weighted by molar-refractivity contribution is 6.01. The van der Waals surface area contributed by atoms with Crippen LogP contribution in [0.25, 0.3) is 0 Å². The summed E-state index contributed by atoms with van der Waals surface area (Å²) in [5, 5.41) is 10.5. The van der Waals surface area contributed by atoms with Crippen LogP contribution in [0.1, 0.15) is 44.8 Å². The zero-order valence-corrected chi connectivity index (χ0v) is 22.2. The Balaban J connectivity index is 1.64. The van der Waals surface area contributed by atoms with E-state index in [4.69, 9.17) is 9.26 Å². The molecular formula is C26H25F5N6O5. The first-order valence-corrected chi connectivity index (χ1v) is 12.4. The number of urea groups is 1. The SMILES string of the molecule is COC[C@H](c1ccnc(NC(=O)[C@@H](NC(=O)c2nocc2C)c2cccc(C(F)(F)F)c2)c1)N1CC(F)(F)CNC1=O. The topological polar surface area (TPSA) is 139 Å². The molecule has 1 aliphatic heterocycles. The number of hydrogen-bond acceptors (Lipinski definition) is 7. The van der Waals surface area contributed by atoms with Crippen molar-refractivity contribution in [2.24, 2.45) is 0 Å². The number of aromatic nitrogens is 2. The van der Waals surface area contributed by atoms with E-state index < -0.39 is 60.7 Å². The van der Waals surface area contributed by atoms with E-state index in [2.05, 4.69) is 26.1 Å². The Morgan fingerprint density at radius 1 is 1.21 bits per heavy atom. The summed E-state index contributed by atoms with van der Waals surface area (Å²) in [5.41, 5.74) is -0.838. The van der Waals surface area contributed by atoms with Gasteiger partial charge in [-0.25, -0.2) is 18.6 Å². The van der Waals surface area contributed by atoms with Crippen LogP contribution in [0.5, 0.6) is 0 Å². The third kappa shape index (κ3) is 6.99. The average molecular weight is 597 g/mol. The zero-order valence-electron chi connectivity index (χ0n) is 22.2. The van der Waals surface area contributed by atoms with Crippen molar-refractivity contribution in [2.45, 2.75) is 31.1 Å². The number of nitrogens with one attached hydrogen (secondary N) is 3. The van der Waals surface area contributed by atoms with Crippen LogP contribution in [0.15, 0.2) is 53.4 Å². The number of nitrogens with zero attached hydrogens (tertiary/aromatic N) is 3. The quantitative estimate of drug-likeness (QED) is 0.319. The molecule has 11 nitrogen and oxygen atoms in total. The molecule has 0 aliphatic carbocycles. The number of aryl methyl sites for hydroxylation is 1. The van der Waals surface area contributed by atoms with Gasteiger partial charge >= 0.3 is 12.2 Å². The van der Waals surface area contributed by atoms with Gasteiger partial charge in [-0.2, -0.15) is 13.2 Å². The van der Waals surface area contributed by atoms with Crippen LogP contribution >= 0.6 is 0 Å². The second kappa shape index (κ2) is 12.1. The molecule has 1 aliphatic rings. The number of amides is 4. The highest BCUT2D eigenvalue weighted by atomic mass is 19.4. The number of pyridine rings is 1. The molecule has 16 heteroatoms. The lowest BCUT2D eigenvalue weighted by Gasteiger charge is -2.38. The van der Waals surface area contributed by atoms with Crippen LogP contribution in [-0.4, -0.2) is 65.6 Å². The minimum atomic E-state index is -4.73. The molecule has 3 heterocycles. The standard InChI is InChI=1S/C26H25F5N6O5/c1-14-10-42-36-20(14)22(38)35-21(16-4-3-5-17(8-16)26(29,30)31)23(39)34-19-9-15(6-7-32-19)18(11-41-2)37-13-25(27,28)12-33-24(37)40/h3-10,18,21H,11-13H2,1-2H3,(H,33,40)(H,35,38)(H,32,34,39)/t18-,21+/m1/s1. The molecule has 3 aromatic rings. The van der Waals surface area contributed by atoms with Crippen molar-refractivity contribution in [1.82, 2.24) is 25.7 Å². The van der Waals surface area contributed by atoms with E-state index in [1.54, 1.807) is 0 Å². The third-order valence-corrected chi connectivity index (χ3v) is 6.33. The summed E-state index contributed by atoms with van der Waals surface area (Å²) in [5.74, 6) is -5.20. The monoisotopic (exact) mass is 596 g/mol. The van der Waals surface area contributed by atoms with Crippen LogP contribution in [0, 0.1) is 6.92 Å². The fourth-order valence-electron chi connectivity index (χ4n) is 4.28. The van der Waals surface area contributed by atoms with Gasteiger partial charge in [-0.3, -0.25) is 9.59 Å². The highest BCUT2D eigenvalue weighted by Crippen LogP contribution is 2.32. The van der Waals surface area contributed by atoms with Crippen molar-refractivity contribution in [3.63, 3.8) is 0 Å². The molecule has 4 amide bonds. The van der Waals surface area contributed by atoms with Gasteiger partial charge < -0.3 is 30.1 Å². The van der Waals surface area contributed by atoms with Crippen molar-refractivity contribution >= 4 is 23.7 Å². The molecule has 2 aromatic heterocycles. The second-order valence-corrected chi connectivity index (χ2v) is 9.45. The summed E-state index contributed by atoms with van der Waals surface area (Å²) in [4.78, 5) is 43.6. The van der Waals surface area contributed by atoms with Crippen LogP contribution in [0.2, 0.25) is 0 Å². The number of ether oxygens (including phenoxy) is 1. The minimum absolute atomic E-state index is 0.133. The molecule has 42 heavy (non-hydrogen) atoms. The average Bonchev–Trinajstić information content (AvgIpc) is 3.37. The lowest BCUT2D eigenvalue weighted by molar-refractivity contribution is -0.137. The Kier molecular flexibility index (Phi) is 8.75. The van der Waals surface area contributed by atoms with Gasteiger partial charge in [0.25, 0.3) is 17.7 Å². The maximum absolute atomic E-state index is 14.1. The number of carbonyl (C=O) groups excluding carboxylic acids is 3. The maximum atomic E-state index is 14.1. The van der Waals surface area contributed by atoms with Crippen molar-refractivity contribution in [3.05, 3.63) is 76.8 Å². The molecule has 1 aromatic carbocycles. The molecule has 224 valence electrons. The van der Waals surface area contributed by atoms with E-state index in [-0.39, 0.29) is 29.2 Å². The number of methoxy groups -OCH3 is 1. The summed E-state index contributed by atoms with van der Waals surface area (Å²) in [6.07, 6.45) is -2.31. The normalized spacial score (nSPS) is 16.4. The minimum Gasteiger partial charge on any atom is -0.382 e. The van der Waals surface area contributed by atoms with E-state index in [0.717, 1.165) is 17.0 Å². The van der Waals surface area contributed by atoms with Gasteiger partial charge in [0.2, 0.25) is 0 Å². The Hall–Kier alpha value is -4.60. The first-order valence-electron chi connectivity index (χ1n) is 12.4. The molecule has 0 bridgehead atoms. The van der Waals surface area contributed by atoms with Crippen LogP contribution < -0.4 is 16.0 Å². The van der Waals surface area contributed by atoms with Gasteiger partial charge in [-0.05, 0) is 42.3 Å². The summed E-state index contributed by atoms with van der Waals surface area (Å²) in [7, 11) is 1.32. The smallest absolute Gasteiger partial charge is 0.382 e. The van der Waals surface area contributed by atoms with E-state index in [1.807, 2.05) is 0 Å². The van der Waals surface area contributed by atoms with E-state index in [9.17, 15) is 36.3 Å². The molecule has 1 saturated heterocycles. The van der Waals surface area contributed by atoms with E-state index in [1.165, 1.54) is 44.7 Å². The van der Waals surface area contributed by atoms with Crippen LogP contribution in [-0.2, 0) is 15.7 Å². The Morgan fingerprint density at radius 3 is 2.64 bits per heavy atom. The maximum Gasteiger partial charge on any atom is 0.416 e. The number of rotatable bonds is 9. The van der Waals surface area contributed by atoms with Gasteiger partial charge in [-0.15, -0.1) is 0 Å². The molecule has 1 fully saturated rings. The molecular weight excluding hydrogens is 571 g/mol. The number of anilines is 1. The number of hydrogen-bond donors (Lipinski definition) is 3. The van der Waals surface area contributed by atoms with Gasteiger partial charge in [0, 0.05) is 18.9 Å². The summed E-state index contributed by atoms with van der Waals surface area (Å²) >= 11 is 0. The van der Waals surface area contributed by atoms with Crippen LogP contribution in [0.4, 0.5) is 32.6 Å². The zero-order chi connectivity index (χ0) is 30.7. The molecule has 4 rings (SSSR count). The predicted molar refractivity (Wildman–Crippen MR) is 135 cm³/mol. The summed E-state index contributed by atoms with van der Waals surface area (Å²) in [6.45, 7) is -0.381. The first-order chi connectivity index (χ1) is 19.8. The Labute approximate surface area is 235 Å². The number of alkyl halides is 5. The lowest BCUT2D eigenvalue weighted by Crippen LogP contribution is -2.58. The van der Waals surface area contributed by atoms with E-state index >= 15 is 0 Å².